The van der Waals surface area contributed by atoms with Gasteiger partial charge in [-0.25, -0.2) is 15.0 Å². The minimum Gasteiger partial charge on any atom is -0.378 e. The van der Waals surface area contributed by atoms with E-state index < -0.39 is 0 Å². The zero-order valence-corrected chi connectivity index (χ0v) is 15.1. The van der Waals surface area contributed by atoms with E-state index in [0.29, 0.717) is 24.9 Å². The molecule has 0 unspecified atom stereocenters. The van der Waals surface area contributed by atoms with Crippen LogP contribution in [0.4, 0.5) is 11.9 Å². The standard InChI is InChI=1S/C18H24N6O2/c1-13-14(12-19-17(20-13)23-5-3-2-4-6-23)15-11-16(25)22-18(21-15)24-7-9-26-10-8-24/h11-12H,2-10H2,1H3,(H,21,22,25). The SMILES string of the molecule is Cc1nc(N2CCCCC2)ncc1-c1cc(=O)[nH]c(N2CCOCC2)n1. The summed E-state index contributed by atoms with van der Waals surface area (Å²) in [5, 5.41) is 0. The number of morpholine rings is 1. The van der Waals surface area contributed by atoms with Crippen LogP contribution >= 0.6 is 0 Å². The second-order valence-electron chi connectivity index (χ2n) is 6.77. The molecule has 8 heteroatoms. The third-order valence-electron chi connectivity index (χ3n) is 4.92. The largest absolute Gasteiger partial charge is 0.378 e. The van der Waals surface area contributed by atoms with Crippen LogP contribution in [0.15, 0.2) is 17.1 Å². The van der Waals surface area contributed by atoms with E-state index >= 15 is 0 Å². The first kappa shape index (κ1) is 17.0. The maximum absolute atomic E-state index is 12.2. The van der Waals surface area contributed by atoms with E-state index in [1.807, 2.05) is 11.8 Å². The lowest BCUT2D eigenvalue weighted by atomic mass is 10.1. The Bertz CT molecular complexity index is 825. The predicted octanol–water partition coefficient (Wildman–Crippen LogP) is 1.36. The average Bonchev–Trinajstić information content (AvgIpc) is 2.69. The van der Waals surface area contributed by atoms with Crippen LogP contribution in [-0.4, -0.2) is 59.3 Å². The zero-order valence-electron chi connectivity index (χ0n) is 15.1. The molecule has 0 radical (unpaired) electrons. The van der Waals surface area contributed by atoms with Crippen LogP contribution in [0, 0.1) is 6.92 Å². The highest BCUT2D eigenvalue weighted by Crippen LogP contribution is 2.23. The molecule has 1 N–H and O–H groups in total. The van der Waals surface area contributed by atoms with E-state index in [1.54, 1.807) is 6.20 Å². The van der Waals surface area contributed by atoms with Crippen molar-refractivity contribution in [3.63, 3.8) is 0 Å². The molecule has 2 aromatic rings. The molecule has 2 fully saturated rings. The van der Waals surface area contributed by atoms with Crippen LogP contribution in [0.1, 0.15) is 25.0 Å². The molecule has 2 saturated heterocycles. The molecule has 0 aliphatic carbocycles. The average molecular weight is 356 g/mol. The number of rotatable bonds is 3. The van der Waals surface area contributed by atoms with Crippen molar-refractivity contribution in [2.75, 3.05) is 49.2 Å². The Balaban J connectivity index is 1.64. The van der Waals surface area contributed by atoms with Gasteiger partial charge in [-0.15, -0.1) is 0 Å². The van der Waals surface area contributed by atoms with Gasteiger partial charge in [-0.1, -0.05) is 0 Å². The van der Waals surface area contributed by atoms with E-state index in [0.717, 1.165) is 43.4 Å². The first-order chi connectivity index (χ1) is 12.7. The van der Waals surface area contributed by atoms with Crippen LogP contribution < -0.4 is 15.4 Å². The highest BCUT2D eigenvalue weighted by atomic mass is 16.5. The van der Waals surface area contributed by atoms with Gasteiger partial charge >= 0.3 is 0 Å². The normalized spacial score (nSPS) is 18.2. The summed E-state index contributed by atoms with van der Waals surface area (Å²) in [6.45, 7) is 6.67. The molecule has 0 saturated carbocycles. The van der Waals surface area contributed by atoms with Gasteiger partial charge in [0.1, 0.15) is 0 Å². The maximum atomic E-state index is 12.2. The summed E-state index contributed by atoms with van der Waals surface area (Å²) >= 11 is 0. The fraction of sp³-hybridized carbons (Fsp3) is 0.556. The predicted molar refractivity (Wildman–Crippen MR) is 99.7 cm³/mol. The number of nitrogens with zero attached hydrogens (tertiary/aromatic N) is 5. The molecule has 2 aliphatic rings. The molecule has 8 nitrogen and oxygen atoms in total. The summed E-state index contributed by atoms with van der Waals surface area (Å²) < 4.78 is 5.37. The van der Waals surface area contributed by atoms with E-state index in [4.69, 9.17) is 4.74 Å². The Morgan fingerprint density at radius 1 is 1.04 bits per heavy atom. The number of aryl methyl sites for hydroxylation is 1. The highest BCUT2D eigenvalue weighted by Gasteiger charge is 2.18. The Morgan fingerprint density at radius 2 is 1.81 bits per heavy atom. The summed E-state index contributed by atoms with van der Waals surface area (Å²) in [6.07, 6.45) is 5.43. The van der Waals surface area contributed by atoms with Gasteiger partial charge in [0.15, 0.2) is 0 Å². The van der Waals surface area contributed by atoms with Crippen molar-refractivity contribution in [3.8, 4) is 11.3 Å². The summed E-state index contributed by atoms with van der Waals surface area (Å²) in [5.41, 5.74) is 2.08. The number of hydrogen-bond donors (Lipinski definition) is 1. The van der Waals surface area contributed by atoms with Gasteiger partial charge in [0.25, 0.3) is 5.56 Å². The van der Waals surface area contributed by atoms with Crippen molar-refractivity contribution in [2.24, 2.45) is 0 Å². The lowest BCUT2D eigenvalue weighted by Gasteiger charge is -2.27. The molecule has 138 valence electrons. The van der Waals surface area contributed by atoms with E-state index in [-0.39, 0.29) is 5.56 Å². The van der Waals surface area contributed by atoms with Crippen molar-refractivity contribution in [1.82, 2.24) is 19.9 Å². The minimum atomic E-state index is -0.170. The lowest BCUT2D eigenvalue weighted by molar-refractivity contribution is 0.122. The summed E-state index contributed by atoms with van der Waals surface area (Å²) in [6, 6.07) is 1.51. The van der Waals surface area contributed by atoms with Crippen LogP contribution in [0.25, 0.3) is 11.3 Å². The van der Waals surface area contributed by atoms with Crippen molar-refractivity contribution in [1.29, 1.82) is 0 Å². The Labute approximate surface area is 152 Å². The molecular formula is C18H24N6O2. The molecule has 2 aromatic heterocycles. The molecule has 4 rings (SSSR count). The molecule has 0 spiro atoms. The molecule has 0 aromatic carbocycles. The van der Waals surface area contributed by atoms with Crippen LogP contribution in [0.2, 0.25) is 0 Å². The molecule has 0 amide bonds. The van der Waals surface area contributed by atoms with Gasteiger partial charge in [-0.3, -0.25) is 9.78 Å². The molecule has 26 heavy (non-hydrogen) atoms. The second kappa shape index (κ2) is 7.41. The van der Waals surface area contributed by atoms with Crippen LogP contribution in [0.3, 0.4) is 0 Å². The zero-order chi connectivity index (χ0) is 17.9. The van der Waals surface area contributed by atoms with Gasteiger partial charge in [-0.2, -0.15) is 0 Å². The quantitative estimate of drug-likeness (QED) is 0.888. The third kappa shape index (κ3) is 3.55. The van der Waals surface area contributed by atoms with E-state index in [2.05, 4.69) is 24.8 Å². The van der Waals surface area contributed by atoms with Crippen molar-refractivity contribution in [3.05, 3.63) is 28.3 Å². The summed E-state index contributed by atoms with van der Waals surface area (Å²) in [7, 11) is 0. The van der Waals surface area contributed by atoms with Crippen molar-refractivity contribution < 1.29 is 4.74 Å². The second-order valence-corrected chi connectivity index (χ2v) is 6.77. The smallest absolute Gasteiger partial charge is 0.252 e. The number of aromatic nitrogens is 4. The molecule has 0 bridgehead atoms. The lowest BCUT2D eigenvalue weighted by Crippen LogP contribution is -2.38. The van der Waals surface area contributed by atoms with Gasteiger partial charge in [0.2, 0.25) is 11.9 Å². The fourth-order valence-corrected chi connectivity index (χ4v) is 3.46. The van der Waals surface area contributed by atoms with E-state index in [9.17, 15) is 4.79 Å². The van der Waals surface area contributed by atoms with Crippen LogP contribution in [0.5, 0.6) is 0 Å². The Hall–Kier alpha value is -2.48. The number of anilines is 2. The first-order valence-electron chi connectivity index (χ1n) is 9.24. The Morgan fingerprint density at radius 3 is 2.54 bits per heavy atom. The topological polar surface area (TPSA) is 87.2 Å². The van der Waals surface area contributed by atoms with Crippen molar-refractivity contribution >= 4 is 11.9 Å². The minimum absolute atomic E-state index is 0.170. The number of ether oxygens (including phenoxy) is 1. The summed E-state index contributed by atoms with van der Waals surface area (Å²) in [4.78, 5) is 33.1. The number of aromatic amines is 1. The monoisotopic (exact) mass is 356 g/mol. The molecule has 2 aliphatic heterocycles. The summed E-state index contributed by atoms with van der Waals surface area (Å²) in [5.74, 6) is 1.35. The Kier molecular flexibility index (Phi) is 4.83. The number of nitrogens with one attached hydrogen (secondary N) is 1. The van der Waals surface area contributed by atoms with Gasteiger partial charge < -0.3 is 14.5 Å². The number of H-pyrrole nitrogens is 1. The van der Waals surface area contributed by atoms with Gasteiger partial charge in [0.05, 0.1) is 24.6 Å². The maximum Gasteiger partial charge on any atom is 0.252 e. The van der Waals surface area contributed by atoms with Gasteiger partial charge in [0, 0.05) is 44.0 Å². The van der Waals surface area contributed by atoms with E-state index in [1.165, 1.54) is 25.3 Å². The fourth-order valence-electron chi connectivity index (χ4n) is 3.46. The number of hydrogen-bond acceptors (Lipinski definition) is 7. The third-order valence-corrected chi connectivity index (χ3v) is 4.92. The molecular weight excluding hydrogens is 332 g/mol. The van der Waals surface area contributed by atoms with Crippen molar-refractivity contribution in [2.45, 2.75) is 26.2 Å². The number of piperidine rings is 1. The van der Waals surface area contributed by atoms with Crippen LogP contribution in [-0.2, 0) is 4.74 Å². The highest BCUT2D eigenvalue weighted by molar-refractivity contribution is 5.62. The van der Waals surface area contributed by atoms with Gasteiger partial charge in [-0.05, 0) is 26.2 Å². The first-order valence-corrected chi connectivity index (χ1v) is 9.24. The molecule has 4 heterocycles. The molecule has 0 atom stereocenters.